The molecule has 0 atom stereocenters. The van der Waals surface area contributed by atoms with Gasteiger partial charge in [0.1, 0.15) is 5.82 Å². The number of aromatic carboxylic acids is 1. The van der Waals surface area contributed by atoms with E-state index in [1.54, 1.807) is 36.4 Å². The van der Waals surface area contributed by atoms with Crippen LogP contribution in [0.15, 0.2) is 48.5 Å². The predicted octanol–water partition coefficient (Wildman–Crippen LogP) is 4.76. The number of halogens is 2. The van der Waals surface area contributed by atoms with Gasteiger partial charge >= 0.3 is 11.9 Å². The molecule has 154 valence electrons. The number of terminal acetylenes is 1. The van der Waals surface area contributed by atoms with Crippen molar-refractivity contribution in [1.29, 1.82) is 0 Å². The minimum atomic E-state index is -3.10. The largest absolute Gasteiger partial charge is 0.478 e. The molecule has 0 spiro atoms. The van der Waals surface area contributed by atoms with Crippen LogP contribution >= 0.6 is 0 Å². The van der Waals surface area contributed by atoms with Gasteiger partial charge in [-0.25, -0.2) is 14.5 Å². The summed E-state index contributed by atoms with van der Waals surface area (Å²) in [6, 6.07) is 14.0. The maximum Gasteiger partial charge on any atom is 0.336 e. The fourth-order valence-corrected chi connectivity index (χ4v) is 3.07. The summed E-state index contributed by atoms with van der Waals surface area (Å²) in [7, 11) is 0. The van der Waals surface area contributed by atoms with Crippen molar-refractivity contribution in [2.24, 2.45) is 0 Å². The van der Waals surface area contributed by atoms with E-state index in [2.05, 4.69) is 16.0 Å². The maximum absolute atomic E-state index is 14.1. The quantitative estimate of drug-likeness (QED) is 0.545. The number of aromatic nitrogens is 3. The number of hydrogen-bond acceptors (Lipinski definition) is 3. The normalized spacial score (nSPS) is 11.3. The van der Waals surface area contributed by atoms with Crippen LogP contribution in [0.3, 0.4) is 0 Å². The lowest BCUT2D eigenvalue weighted by molar-refractivity contribution is -0.0177. The van der Waals surface area contributed by atoms with Crippen LogP contribution in [-0.4, -0.2) is 25.8 Å². The van der Waals surface area contributed by atoms with E-state index < -0.39 is 17.7 Å². The molecule has 0 amide bonds. The molecule has 1 aromatic heterocycles. The van der Waals surface area contributed by atoms with Gasteiger partial charge in [0, 0.05) is 19.3 Å². The summed E-state index contributed by atoms with van der Waals surface area (Å²) < 4.78 is 29.6. The van der Waals surface area contributed by atoms with E-state index in [-0.39, 0.29) is 18.5 Å². The van der Waals surface area contributed by atoms with E-state index >= 15 is 0 Å². The molecule has 3 aromatic rings. The molecule has 5 nitrogen and oxygen atoms in total. The Labute approximate surface area is 173 Å². The van der Waals surface area contributed by atoms with Gasteiger partial charge in [0.15, 0.2) is 0 Å². The maximum atomic E-state index is 14.1. The highest BCUT2D eigenvalue weighted by Gasteiger charge is 2.35. The molecule has 1 N–H and O–H groups in total. The first kappa shape index (κ1) is 21.2. The first-order valence-corrected chi connectivity index (χ1v) is 9.53. The monoisotopic (exact) mass is 409 g/mol. The Morgan fingerprint density at radius 3 is 2.53 bits per heavy atom. The highest BCUT2D eigenvalue weighted by molar-refractivity contribution is 5.95. The van der Waals surface area contributed by atoms with Crippen LogP contribution < -0.4 is 0 Å². The topological polar surface area (TPSA) is 68.0 Å². The summed E-state index contributed by atoms with van der Waals surface area (Å²) in [6.45, 7) is 1.64. The van der Waals surface area contributed by atoms with Crippen molar-refractivity contribution in [2.45, 2.75) is 38.7 Å². The van der Waals surface area contributed by atoms with Crippen LogP contribution in [-0.2, 0) is 18.9 Å². The van der Waals surface area contributed by atoms with Gasteiger partial charge in [-0.15, -0.1) is 17.4 Å². The lowest BCUT2D eigenvalue weighted by atomic mass is 9.99. The van der Waals surface area contributed by atoms with Crippen molar-refractivity contribution < 1.29 is 18.7 Å². The standard InChI is InChI=1S/C23H21F2N3O2/c1-3-5-10-20-26-22(23(24,25)4-2)27-28(20)15-16-11-13-17(14-12-16)18-8-6-7-9-19(18)21(29)30/h1,6-9,11-14H,4-5,10,15H2,2H3,(H,29,30). The minimum absolute atomic E-state index is 0.213. The van der Waals surface area contributed by atoms with Crippen molar-refractivity contribution in [3.8, 4) is 23.5 Å². The van der Waals surface area contributed by atoms with Crippen LogP contribution in [0.2, 0.25) is 0 Å². The molecule has 0 aliphatic heterocycles. The van der Waals surface area contributed by atoms with E-state index in [9.17, 15) is 18.7 Å². The fourth-order valence-electron chi connectivity index (χ4n) is 3.07. The van der Waals surface area contributed by atoms with E-state index in [1.165, 1.54) is 11.6 Å². The first-order chi connectivity index (χ1) is 14.4. The Bertz CT molecular complexity index is 1080. The molecule has 0 aliphatic carbocycles. The van der Waals surface area contributed by atoms with Crippen molar-refractivity contribution in [3.63, 3.8) is 0 Å². The average molecular weight is 409 g/mol. The summed E-state index contributed by atoms with van der Waals surface area (Å²) in [5.74, 6) is -1.69. The van der Waals surface area contributed by atoms with E-state index in [0.717, 1.165) is 11.1 Å². The summed E-state index contributed by atoms with van der Waals surface area (Å²) in [4.78, 5) is 15.5. The molecule has 3 rings (SSSR count). The molecule has 0 bridgehead atoms. The van der Waals surface area contributed by atoms with Crippen molar-refractivity contribution >= 4 is 5.97 Å². The molecular weight excluding hydrogens is 388 g/mol. The number of alkyl halides is 2. The summed E-state index contributed by atoms with van der Waals surface area (Å²) in [5.41, 5.74) is 2.40. The molecule has 0 aliphatic rings. The highest BCUT2D eigenvalue weighted by Crippen LogP contribution is 2.29. The zero-order valence-corrected chi connectivity index (χ0v) is 16.5. The zero-order valence-electron chi connectivity index (χ0n) is 16.5. The number of carboxylic acids is 1. The van der Waals surface area contributed by atoms with Crippen molar-refractivity contribution in [3.05, 3.63) is 71.3 Å². The van der Waals surface area contributed by atoms with Gasteiger partial charge in [0.25, 0.3) is 0 Å². The molecule has 0 saturated heterocycles. The molecule has 0 fully saturated rings. The minimum Gasteiger partial charge on any atom is -0.478 e. The molecule has 0 saturated carbocycles. The summed E-state index contributed by atoms with van der Waals surface area (Å²) in [5, 5.41) is 13.4. The van der Waals surface area contributed by atoms with Gasteiger partial charge < -0.3 is 5.11 Å². The predicted molar refractivity (Wildman–Crippen MR) is 109 cm³/mol. The third-order valence-electron chi connectivity index (χ3n) is 4.77. The van der Waals surface area contributed by atoms with Gasteiger partial charge in [-0.3, -0.25) is 0 Å². The third kappa shape index (κ3) is 4.54. The van der Waals surface area contributed by atoms with Crippen molar-refractivity contribution in [1.82, 2.24) is 14.8 Å². The van der Waals surface area contributed by atoms with Gasteiger partial charge in [-0.05, 0) is 22.8 Å². The zero-order chi connectivity index (χ0) is 21.7. The van der Waals surface area contributed by atoms with Crippen LogP contribution in [0.4, 0.5) is 8.78 Å². The smallest absolute Gasteiger partial charge is 0.336 e. The molecule has 1 heterocycles. The number of carboxylic acid groups (broad SMARTS) is 1. The lowest BCUT2D eigenvalue weighted by Gasteiger charge is -2.09. The number of benzene rings is 2. The molecule has 0 radical (unpaired) electrons. The highest BCUT2D eigenvalue weighted by atomic mass is 19.3. The van der Waals surface area contributed by atoms with Gasteiger partial charge in [0.2, 0.25) is 5.82 Å². The van der Waals surface area contributed by atoms with E-state index in [0.29, 0.717) is 24.2 Å². The molecule has 30 heavy (non-hydrogen) atoms. The van der Waals surface area contributed by atoms with Gasteiger partial charge in [-0.1, -0.05) is 49.4 Å². The van der Waals surface area contributed by atoms with E-state index in [4.69, 9.17) is 6.42 Å². The average Bonchev–Trinajstić information content (AvgIpc) is 3.16. The number of rotatable bonds is 8. The van der Waals surface area contributed by atoms with Crippen molar-refractivity contribution in [2.75, 3.05) is 0 Å². The fraction of sp³-hybridized carbons (Fsp3) is 0.261. The second kappa shape index (κ2) is 8.87. The van der Waals surface area contributed by atoms with Crippen LogP contribution in [0, 0.1) is 12.3 Å². The second-order valence-corrected chi connectivity index (χ2v) is 6.82. The Balaban J connectivity index is 1.88. The number of nitrogens with zero attached hydrogens (tertiary/aromatic N) is 3. The van der Waals surface area contributed by atoms with Crippen LogP contribution in [0.25, 0.3) is 11.1 Å². The molecule has 0 unspecified atom stereocenters. The third-order valence-corrected chi connectivity index (χ3v) is 4.77. The lowest BCUT2D eigenvalue weighted by Crippen LogP contribution is -2.14. The Morgan fingerprint density at radius 1 is 1.20 bits per heavy atom. The Kier molecular flexibility index (Phi) is 6.26. The summed E-state index contributed by atoms with van der Waals surface area (Å²) in [6.07, 6.45) is 5.65. The first-order valence-electron chi connectivity index (χ1n) is 9.53. The van der Waals surface area contributed by atoms with Crippen LogP contribution in [0.5, 0.6) is 0 Å². The summed E-state index contributed by atoms with van der Waals surface area (Å²) >= 11 is 0. The number of carbonyl (C=O) groups is 1. The number of hydrogen-bond donors (Lipinski definition) is 1. The molecule has 7 heteroatoms. The number of aryl methyl sites for hydroxylation is 1. The van der Waals surface area contributed by atoms with Gasteiger partial charge in [-0.2, -0.15) is 8.78 Å². The van der Waals surface area contributed by atoms with Crippen LogP contribution in [0.1, 0.15) is 47.3 Å². The van der Waals surface area contributed by atoms with E-state index in [1.807, 2.05) is 12.1 Å². The second-order valence-electron chi connectivity index (χ2n) is 6.82. The Morgan fingerprint density at radius 2 is 1.90 bits per heavy atom. The molecule has 2 aromatic carbocycles. The SMILES string of the molecule is C#CCCc1nc(C(F)(F)CC)nn1Cc1ccc(-c2ccccc2C(=O)O)cc1. The Hall–Kier alpha value is -3.53. The van der Waals surface area contributed by atoms with Gasteiger partial charge in [0.05, 0.1) is 12.1 Å². The molecular formula is C23H21F2N3O2.